The van der Waals surface area contributed by atoms with Gasteiger partial charge in [-0.2, -0.15) is 0 Å². The molecule has 2 rings (SSSR count). The number of aryl methyl sites for hydroxylation is 1. The molecule has 106 valence electrons. The molecule has 0 amide bonds. The molecule has 0 bridgehead atoms. The van der Waals surface area contributed by atoms with Crippen LogP contribution in [0.1, 0.15) is 48.0 Å². The minimum atomic E-state index is -0.236. The predicted molar refractivity (Wildman–Crippen MR) is 80.9 cm³/mol. The lowest BCUT2D eigenvalue weighted by Crippen LogP contribution is -2.12. The molecule has 4 heteroatoms. The van der Waals surface area contributed by atoms with Crippen LogP contribution in [-0.2, 0) is 4.74 Å². The third-order valence-corrected chi connectivity index (χ3v) is 3.37. The maximum absolute atomic E-state index is 6.11. The summed E-state index contributed by atoms with van der Waals surface area (Å²) in [4.78, 5) is 9.00. The topological polar surface area (TPSA) is 35.0 Å². The summed E-state index contributed by atoms with van der Waals surface area (Å²) in [6.45, 7) is 6.45. The number of rotatable bonds is 5. The van der Waals surface area contributed by atoms with E-state index in [0.717, 1.165) is 16.8 Å². The number of hydrogen-bond acceptors (Lipinski definition) is 3. The van der Waals surface area contributed by atoms with Crippen molar-refractivity contribution in [3.63, 3.8) is 0 Å². The molecule has 20 heavy (non-hydrogen) atoms. The predicted octanol–water partition coefficient (Wildman–Crippen LogP) is 4.21. The smallest absolute Gasteiger partial charge is 0.162 e. The van der Waals surface area contributed by atoms with E-state index < -0.39 is 0 Å². The van der Waals surface area contributed by atoms with E-state index in [1.54, 1.807) is 6.20 Å². The summed E-state index contributed by atoms with van der Waals surface area (Å²) in [5, 5.41) is -0.0914. The lowest BCUT2D eigenvalue weighted by atomic mass is 10.1. The first-order valence-electron chi connectivity index (χ1n) is 6.77. The highest BCUT2D eigenvalue weighted by Crippen LogP contribution is 2.26. The Kier molecular flexibility index (Phi) is 5.10. The van der Waals surface area contributed by atoms with Crippen LogP contribution in [0.5, 0.6) is 0 Å². The second-order valence-corrected chi connectivity index (χ2v) is 5.29. The lowest BCUT2D eigenvalue weighted by Gasteiger charge is -2.17. The highest BCUT2D eigenvalue weighted by atomic mass is 35.5. The van der Waals surface area contributed by atoms with Crippen molar-refractivity contribution in [1.29, 1.82) is 0 Å². The fourth-order valence-corrected chi connectivity index (χ4v) is 2.34. The molecule has 0 saturated carbocycles. The molecule has 0 aliphatic heterocycles. The first-order chi connectivity index (χ1) is 9.63. The summed E-state index contributed by atoms with van der Waals surface area (Å²) in [6.07, 6.45) is 1.56. The molecule has 0 fully saturated rings. The Bertz CT molecular complexity index is 558. The third-order valence-electron chi connectivity index (χ3n) is 3.13. The van der Waals surface area contributed by atoms with Crippen molar-refractivity contribution < 1.29 is 4.74 Å². The third kappa shape index (κ3) is 3.35. The van der Waals surface area contributed by atoms with Gasteiger partial charge >= 0.3 is 0 Å². The van der Waals surface area contributed by atoms with E-state index in [2.05, 4.69) is 9.97 Å². The second kappa shape index (κ2) is 6.82. The van der Waals surface area contributed by atoms with Crippen molar-refractivity contribution in [3.05, 3.63) is 59.2 Å². The lowest BCUT2D eigenvalue weighted by molar-refractivity contribution is 0.0849. The molecule has 0 saturated heterocycles. The highest BCUT2D eigenvalue weighted by Gasteiger charge is 2.18. The Morgan fingerprint density at radius 2 is 1.95 bits per heavy atom. The first-order valence-corrected chi connectivity index (χ1v) is 7.21. The molecule has 0 aliphatic carbocycles. The van der Waals surface area contributed by atoms with Crippen LogP contribution in [0, 0.1) is 6.92 Å². The molecule has 0 N–H and O–H groups in total. The van der Waals surface area contributed by atoms with Crippen LogP contribution in [0.15, 0.2) is 36.5 Å². The number of aromatic nitrogens is 2. The van der Waals surface area contributed by atoms with Crippen LogP contribution in [0.4, 0.5) is 0 Å². The monoisotopic (exact) mass is 290 g/mol. The van der Waals surface area contributed by atoms with Gasteiger partial charge in [-0.3, -0.25) is 0 Å². The van der Waals surface area contributed by atoms with Crippen LogP contribution >= 0.6 is 11.6 Å². The summed E-state index contributed by atoms with van der Waals surface area (Å²) >= 11 is 6.11. The zero-order valence-corrected chi connectivity index (χ0v) is 12.8. The van der Waals surface area contributed by atoms with E-state index in [4.69, 9.17) is 16.3 Å². The van der Waals surface area contributed by atoms with Crippen LogP contribution in [0.3, 0.4) is 0 Å². The zero-order valence-electron chi connectivity index (χ0n) is 12.0. The van der Waals surface area contributed by atoms with Gasteiger partial charge in [0.1, 0.15) is 6.10 Å². The number of benzene rings is 1. The maximum Gasteiger partial charge on any atom is 0.162 e. The van der Waals surface area contributed by atoms with Gasteiger partial charge in [-0.15, -0.1) is 11.6 Å². The van der Waals surface area contributed by atoms with E-state index in [1.165, 1.54) is 0 Å². The van der Waals surface area contributed by atoms with Crippen molar-refractivity contribution in [2.45, 2.75) is 32.3 Å². The standard InChI is InChI=1S/C16H19ClN2O/c1-4-20-15(13-8-6-5-7-9-13)16-18-10-14(11(2)17)12(3)19-16/h5-11,15H,4H2,1-3H3. The van der Waals surface area contributed by atoms with Crippen molar-refractivity contribution in [2.75, 3.05) is 6.61 Å². The van der Waals surface area contributed by atoms with Crippen LogP contribution in [-0.4, -0.2) is 16.6 Å². The van der Waals surface area contributed by atoms with Crippen LogP contribution in [0.25, 0.3) is 0 Å². The highest BCUT2D eigenvalue weighted by molar-refractivity contribution is 6.20. The van der Waals surface area contributed by atoms with Crippen molar-refractivity contribution in [2.24, 2.45) is 0 Å². The van der Waals surface area contributed by atoms with Gasteiger partial charge in [0, 0.05) is 24.1 Å². The fourth-order valence-electron chi connectivity index (χ4n) is 2.13. The van der Waals surface area contributed by atoms with Crippen molar-refractivity contribution in [3.8, 4) is 0 Å². The average Bonchev–Trinajstić information content (AvgIpc) is 2.45. The maximum atomic E-state index is 6.11. The molecular weight excluding hydrogens is 272 g/mol. The fraction of sp³-hybridized carbons (Fsp3) is 0.375. The molecular formula is C16H19ClN2O. The Balaban J connectivity index is 2.38. The van der Waals surface area contributed by atoms with Gasteiger partial charge in [0.15, 0.2) is 5.82 Å². The largest absolute Gasteiger partial charge is 0.366 e. The molecule has 0 radical (unpaired) electrons. The molecule has 0 aliphatic rings. The first kappa shape index (κ1) is 14.9. The van der Waals surface area contributed by atoms with Crippen molar-refractivity contribution >= 4 is 11.6 Å². The van der Waals surface area contributed by atoms with Gasteiger partial charge in [-0.05, 0) is 26.3 Å². The Morgan fingerprint density at radius 1 is 1.25 bits per heavy atom. The van der Waals surface area contributed by atoms with Gasteiger partial charge < -0.3 is 4.74 Å². The van der Waals surface area contributed by atoms with Gasteiger partial charge in [-0.1, -0.05) is 30.3 Å². The summed E-state index contributed by atoms with van der Waals surface area (Å²) in [7, 11) is 0. The Hall–Kier alpha value is -1.45. The SMILES string of the molecule is CCOC(c1ccccc1)c1ncc(C(C)Cl)c(C)n1. The minimum absolute atomic E-state index is 0.0914. The Labute approximate surface area is 125 Å². The summed E-state index contributed by atoms with van der Waals surface area (Å²) in [6, 6.07) is 10.0. The average molecular weight is 291 g/mol. The van der Waals surface area contributed by atoms with Crippen molar-refractivity contribution in [1.82, 2.24) is 9.97 Å². The van der Waals surface area contributed by atoms with Crippen LogP contribution in [0.2, 0.25) is 0 Å². The molecule has 2 aromatic rings. The van der Waals surface area contributed by atoms with E-state index in [-0.39, 0.29) is 11.5 Å². The summed E-state index contributed by atoms with van der Waals surface area (Å²) < 4.78 is 5.81. The van der Waals surface area contributed by atoms with Gasteiger partial charge in [0.25, 0.3) is 0 Å². The number of alkyl halides is 1. The summed E-state index contributed by atoms with van der Waals surface area (Å²) in [5.74, 6) is 0.677. The molecule has 1 aromatic carbocycles. The number of nitrogens with zero attached hydrogens (tertiary/aromatic N) is 2. The summed E-state index contributed by atoms with van der Waals surface area (Å²) in [5.41, 5.74) is 2.91. The molecule has 3 nitrogen and oxygen atoms in total. The van der Waals surface area contributed by atoms with E-state index in [0.29, 0.717) is 12.4 Å². The minimum Gasteiger partial charge on any atom is -0.366 e. The second-order valence-electron chi connectivity index (χ2n) is 4.63. The van der Waals surface area contributed by atoms with E-state index >= 15 is 0 Å². The molecule has 2 atom stereocenters. The Morgan fingerprint density at radius 3 is 2.50 bits per heavy atom. The molecule has 0 spiro atoms. The van der Waals surface area contributed by atoms with Crippen LogP contribution < -0.4 is 0 Å². The van der Waals surface area contributed by atoms with Gasteiger partial charge in [0.05, 0.1) is 5.38 Å². The van der Waals surface area contributed by atoms with Gasteiger partial charge in [0.2, 0.25) is 0 Å². The van der Waals surface area contributed by atoms with E-state index in [9.17, 15) is 0 Å². The number of ether oxygens (including phenoxy) is 1. The number of halogens is 1. The normalized spacial score (nSPS) is 14.0. The van der Waals surface area contributed by atoms with Gasteiger partial charge in [-0.25, -0.2) is 9.97 Å². The quantitative estimate of drug-likeness (QED) is 0.774. The number of hydrogen-bond donors (Lipinski definition) is 0. The van der Waals surface area contributed by atoms with E-state index in [1.807, 2.05) is 51.1 Å². The molecule has 2 unspecified atom stereocenters. The molecule has 1 heterocycles. The molecule has 1 aromatic heterocycles. The zero-order chi connectivity index (χ0) is 14.5.